The van der Waals surface area contributed by atoms with Crippen molar-refractivity contribution < 1.29 is 0 Å². The summed E-state index contributed by atoms with van der Waals surface area (Å²) in [4.78, 5) is 0. The molecule has 0 saturated heterocycles. The fraction of sp³-hybridized carbons (Fsp3) is 0.200. The summed E-state index contributed by atoms with van der Waals surface area (Å²) in [5, 5.41) is 18.9. The SMILES string of the molecule is CC1=CC(=C(C#N)C#N)C=C(C)N1N. The highest BCUT2D eigenvalue weighted by Crippen LogP contribution is 2.21. The van der Waals surface area contributed by atoms with E-state index in [1.807, 2.05) is 26.0 Å². The van der Waals surface area contributed by atoms with Gasteiger partial charge in [0, 0.05) is 17.0 Å². The van der Waals surface area contributed by atoms with Gasteiger partial charge in [-0.3, -0.25) is 5.01 Å². The zero-order valence-corrected chi connectivity index (χ0v) is 8.07. The molecule has 0 bridgehead atoms. The number of nitrogens with two attached hydrogens (primary N) is 1. The Kier molecular flexibility index (Phi) is 2.71. The Hall–Kier alpha value is -2.04. The van der Waals surface area contributed by atoms with Gasteiger partial charge in [0.15, 0.2) is 0 Å². The lowest BCUT2D eigenvalue weighted by Gasteiger charge is -2.24. The van der Waals surface area contributed by atoms with Crippen molar-refractivity contribution in [3.05, 3.63) is 34.7 Å². The molecule has 70 valence electrons. The Labute approximate surface area is 82.8 Å². The van der Waals surface area contributed by atoms with Gasteiger partial charge in [0.05, 0.1) is 0 Å². The predicted octanol–water partition coefficient (Wildman–Crippen LogP) is 1.33. The van der Waals surface area contributed by atoms with Crippen molar-refractivity contribution in [1.29, 1.82) is 10.5 Å². The monoisotopic (exact) mass is 186 g/mol. The Morgan fingerprint density at radius 1 is 1.21 bits per heavy atom. The molecule has 4 heteroatoms. The highest BCUT2D eigenvalue weighted by molar-refractivity contribution is 5.52. The van der Waals surface area contributed by atoms with Gasteiger partial charge < -0.3 is 0 Å². The van der Waals surface area contributed by atoms with Crippen LogP contribution in [0.15, 0.2) is 34.7 Å². The van der Waals surface area contributed by atoms with Crippen molar-refractivity contribution in [2.45, 2.75) is 13.8 Å². The van der Waals surface area contributed by atoms with E-state index in [9.17, 15) is 0 Å². The Morgan fingerprint density at radius 2 is 1.64 bits per heavy atom. The third kappa shape index (κ3) is 1.66. The molecule has 0 aliphatic carbocycles. The summed E-state index contributed by atoms with van der Waals surface area (Å²) in [7, 11) is 0. The first kappa shape index (κ1) is 10.0. The van der Waals surface area contributed by atoms with E-state index in [0.717, 1.165) is 11.4 Å². The van der Waals surface area contributed by atoms with Gasteiger partial charge in [0.1, 0.15) is 17.7 Å². The van der Waals surface area contributed by atoms with E-state index >= 15 is 0 Å². The van der Waals surface area contributed by atoms with Crippen LogP contribution in [0, 0.1) is 22.7 Å². The second-order valence-electron chi connectivity index (χ2n) is 3.00. The molecule has 0 unspecified atom stereocenters. The lowest BCUT2D eigenvalue weighted by atomic mass is 10.0. The highest BCUT2D eigenvalue weighted by atomic mass is 15.4. The van der Waals surface area contributed by atoms with Crippen LogP contribution < -0.4 is 5.84 Å². The van der Waals surface area contributed by atoms with Crippen LogP contribution >= 0.6 is 0 Å². The molecule has 0 aromatic rings. The predicted molar refractivity (Wildman–Crippen MR) is 51.8 cm³/mol. The van der Waals surface area contributed by atoms with Crippen molar-refractivity contribution in [3.63, 3.8) is 0 Å². The number of hydrogen-bond acceptors (Lipinski definition) is 4. The van der Waals surface area contributed by atoms with Crippen LogP contribution in [0.3, 0.4) is 0 Å². The van der Waals surface area contributed by atoms with Crippen LogP contribution in [-0.4, -0.2) is 5.01 Å². The summed E-state index contributed by atoms with van der Waals surface area (Å²) in [6, 6.07) is 3.69. The molecule has 1 aliphatic heterocycles. The number of allylic oxidation sites excluding steroid dienone is 6. The lowest BCUT2D eigenvalue weighted by Crippen LogP contribution is -2.29. The minimum atomic E-state index is 0.108. The Balaban J connectivity index is 3.27. The third-order valence-corrected chi connectivity index (χ3v) is 2.00. The van der Waals surface area contributed by atoms with Crippen LogP contribution in [-0.2, 0) is 0 Å². The summed E-state index contributed by atoms with van der Waals surface area (Å²) >= 11 is 0. The van der Waals surface area contributed by atoms with Crippen molar-refractivity contribution in [2.24, 2.45) is 5.84 Å². The first-order chi connectivity index (χ1) is 6.60. The molecular formula is C10H10N4. The van der Waals surface area contributed by atoms with Crippen LogP contribution in [0.5, 0.6) is 0 Å². The molecule has 0 radical (unpaired) electrons. The molecule has 0 aromatic carbocycles. The fourth-order valence-electron chi connectivity index (χ4n) is 1.21. The van der Waals surface area contributed by atoms with Gasteiger partial charge >= 0.3 is 0 Å². The minimum absolute atomic E-state index is 0.108. The molecule has 0 fully saturated rings. The number of nitrogens with zero attached hydrogens (tertiary/aromatic N) is 3. The van der Waals surface area contributed by atoms with Crippen molar-refractivity contribution in [1.82, 2.24) is 5.01 Å². The largest absolute Gasteiger partial charge is 0.288 e. The average Bonchev–Trinajstić information content (AvgIpc) is 2.16. The lowest BCUT2D eigenvalue weighted by molar-refractivity contribution is 0.446. The molecule has 1 aliphatic rings. The Morgan fingerprint density at radius 3 is 2.00 bits per heavy atom. The van der Waals surface area contributed by atoms with E-state index in [2.05, 4.69) is 0 Å². The summed E-state index contributed by atoms with van der Waals surface area (Å²) in [6.07, 6.45) is 3.43. The quantitative estimate of drug-likeness (QED) is 0.457. The summed E-state index contributed by atoms with van der Waals surface area (Å²) in [6.45, 7) is 3.64. The zero-order chi connectivity index (χ0) is 10.7. The molecule has 1 rings (SSSR count). The number of hydrogen-bond donors (Lipinski definition) is 1. The summed E-state index contributed by atoms with van der Waals surface area (Å²) in [5.41, 5.74) is 2.34. The minimum Gasteiger partial charge on any atom is -0.288 e. The second-order valence-corrected chi connectivity index (χ2v) is 3.00. The third-order valence-electron chi connectivity index (χ3n) is 2.00. The molecule has 14 heavy (non-hydrogen) atoms. The van der Waals surface area contributed by atoms with E-state index in [0.29, 0.717) is 5.57 Å². The van der Waals surface area contributed by atoms with Crippen LogP contribution in [0.4, 0.5) is 0 Å². The fourth-order valence-corrected chi connectivity index (χ4v) is 1.21. The highest BCUT2D eigenvalue weighted by Gasteiger charge is 2.12. The van der Waals surface area contributed by atoms with E-state index in [1.165, 1.54) is 5.01 Å². The van der Waals surface area contributed by atoms with Gasteiger partial charge in [0.25, 0.3) is 0 Å². The molecule has 0 saturated carbocycles. The molecular weight excluding hydrogens is 176 g/mol. The van der Waals surface area contributed by atoms with E-state index in [1.54, 1.807) is 12.2 Å². The van der Waals surface area contributed by atoms with Crippen molar-refractivity contribution in [3.8, 4) is 12.1 Å². The zero-order valence-electron chi connectivity index (χ0n) is 8.07. The number of hydrazine groups is 1. The van der Waals surface area contributed by atoms with E-state index < -0.39 is 0 Å². The maximum Gasteiger partial charge on any atom is 0.137 e. The smallest absolute Gasteiger partial charge is 0.137 e. The molecule has 0 aromatic heterocycles. The Bertz CT molecular complexity index is 388. The maximum atomic E-state index is 8.68. The van der Waals surface area contributed by atoms with E-state index in [-0.39, 0.29) is 5.57 Å². The first-order valence-corrected chi connectivity index (χ1v) is 4.06. The van der Waals surface area contributed by atoms with E-state index in [4.69, 9.17) is 16.4 Å². The second kappa shape index (κ2) is 3.78. The summed E-state index contributed by atoms with van der Waals surface area (Å²) < 4.78 is 0. The topological polar surface area (TPSA) is 76.8 Å². The molecule has 4 nitrogen and oxygen atoms in total. The molecule has 0 amide bonds. The standard InChI is InChI=1S/C10H10N4/c1-7-3-9(10(5-11)6-12)4-8(2)14(7)13/h3-4H,13H2,1-2H3. The molecule has 2 N–H and O–H groups in total. The average molecular weight is 186 g/mol. The van der Waals surface area contributed by atoms with Gasteiger partial charge in [-0.25, -0.2) is 5.84 Å². The first-order valence-electron chi connectivity index (χ1n) is 4.06. The van der Waals surface area contributed by atoms with Crippen molar-refractivity contribution >= 4 is 0 Å². The maximum absolute atomic E-state index is 8.68. The van der Waals surface area contributed by atoms with Gasteiger partial charge in [-0.15, -0.1) is 0 Å². The number of rotatable bonds is 0. The molecule has 0 atom stereocenters. The van der Waals surface area contributed by atoms with Gasteiger partial charge in [-0.1, -0.05) is 0 Å². The van der Waals surface area contributed by atoms with Gasteiger partial charge in [-0.2, -0.15) is 10.5 Å². The van der Waals surface area contributed by atoms with Crippen molar-refractivity contribution in [2.75, 3.05) is 0 Å². The van der Waals surface area contributed by atoms with Gasteiger partial charge in [-0.05, 0) is 26.0 Å². The van der Waals surface area contributed by atoms with Crippen LogP contribution in [0.2, 0.25) is 0 Å². The van der Waals surface area contributed by atoms with Crippen LogP contribution in [0.1, 0.15) is 13.8 Å². The van der Waals surface area contributed by atoms with Gasteiger partial charge in [0.2, 0.25) is 0 Å². The van der Waals surface area contributed by atoms with Crippen LogP contribution in [0.25, 0.3) is 0 Å². The number of nitriles is 2. The molecule has 0 spiro atoms. The summed E-state index contributed by atoms with van der Waals surface area (Å²) in [5.74, 6) is 5.68. The normalized spacial score (nSPS) is 15.2. The molecule has 1 heterocycles.